The van der Waals surface area contributed by atoms with E-state index in [1.807, 2.05) is 6.07 Å². The molecule has 0 N–H and O–H groups in total. The molecule has 28 heavy (non-hydrogen) atoms. The highest BCUT2D eigenvalue weighted by molar-refractivity contribution is 7.89. The molecule has 0 aliphatic carbocycles. The van der Waals surface area contributed by atoms with E-state index in [0.29, 0.717) is 11.3 Å². The maximum Gasteiger partial charge on any atom is 0.243 e. The lowest BCUT2D eigenvalue weighted by atomic mass is 10.1. The molecule has 0 radical (unpaired) electrons. The number of rotatable bonds is 6. The van der Waals surface area contributed by atoms with Gasteiger partial charge in [0.15, 0.2) is 0 Å². The van der Waals surface area contributed by atoms with Crippen LogP contribution in [0, 0.1) is 11.3 Å². The first-order chi connectivity index (χ1) is 13.4. The van der Waals surface area contributed by atoms with Crippen molar-refractivity contribution in [3.63, 3.8) is 0 Å². The molecule has 2 aromatic carbocycles. The molecule has 0 saturated carbocycles. The van der Waals surface area contributed by atoms with Gasteiger partial charge in [0, 0.05) is 12.7 Å². The Morgan fingerprint density at radius 2 is 1.71 bits per heavy atom. The van der Waals surface area contributed by atoms with Crippen LogP contribution in [0.4, 0.5) is 0 Å². The van der Waals surface area contributed by atoms with Gasteiger partial charge in [0.25, 0.3) is 0 Å². The third-order valence-corrected chi connectivity index (χ3v) is 6.56. The summed E-state index contributed by atoms with van der Waals surface area (Å²) in [5.74, 6) is 0. The van der Waals surface area contributed by atoms with Crippen LogP contribution in [-0.2, 0) is 23.1 Å². The van der Waals surface area contributed by atoms with Gasteiger partial charge in [0.1, 0.15) is 0 Å². The van der Waals surface area contributed by atoms with Crippen LogP contribution in [0.3, 0.4) is 0 Å². The van der Waals surface area contributed by atoms with E-state index in [2.05, 4.69) is 4.98 Å². The SMILES string of the molecule is N#Cc1ccc(CN(Cc2ccccn2)S(=O)(=O)c2ccc(Cl)c(Cl)c2)cc1. The van der Waals surface area contributed by atoms with E-state index in [-0.39, 0.29) is 28.0 Å². The second-order valence-corrected chi connectivity index (χ2v) is 8.73. The van der Waals surface area contributed by atoms with Crippen LogP contribution in [-0.4, -0.2) is 17.7 Å². The number of sulfonamides is 1. The van der Waals surface area contributed by atoms with Crippen LogP contribution in [0.1, 0.15) is 16.8 Å². The Labute approximate surface area is 173 Å². The first-order valence-electron chi connectivity index (χ1n) is 8.24. The van der Waals surface area contributed by atoms with E-state index < -0.39 is 10.0 Å². The summed E-state index contributed by atoms with van der Waals surface area (Å²) in [7, 11) is -3.87. The Hall–Kier alpha value is -2.43. The summed E-state index contributed by atoms with van der Waals surface area (Å²) in [6.07, 6.45) is 1.61. The molecule has 0 saturated heterocycles. The van der Waals surface area contributed by atoms with Gasteiger partial charge < -0.3 is 0 Å². The number of pyridine rings is 1. The molecular weight excluding hydrogens is 417 g/mol. The van der Waals surface area contributed by atoms with Crippen molar-refractivity contribution < 1.29 is 8.42 Å². The van der Waals surface area contributed by atoms with Crippen LogP contribution in [0.25, 0.3) is 0 Å². The zero-order valence-corrected chi connectivity index (χ0v) is 16.9. The number of nitrogens with zero attached hydrogens (tertiary/aromatic N) is 3. The molecule has 1 heterocycles. The van der Waals surface area contributed by atoms with Crippen LogP contribution in [0.5, 0.6) is 0 Å². The minimum Gasteiger partial charge on any atom is -0.260 e. The fourth-order valence-electron chi connectivity index (χ4n) is 2.57. The third kappa shape index (κ3) is 4.70. The Balaban J connectivity index is 1.98. The van der Waals surface area contributed by atoms with Crippen molar-refractivity contribution in [2.24, 2.45) is 0 Å². The largest absolute Gasteiger partial charge is 0.260 e. The average molecular weight is 432 g/mol. The maximum absolute atomic E-state index is 13.3. The standard InChI is InChI=1S/C20H15Cl2N3O2S/c21-19-9-8-18(11-20(19)22)28(26,27)25(14-17-3-1-2-10-24-17)13-16-6-4-15(12-23)5-7-16/h1-11H,13-14H2. The summed E-state index contributed by atoms with van der Waals surface area (Å²) < 4.78 is 27.9. The number of benzene rings is 2. The van der Waals surface area contributed by atoms with Crippen LogP contribution in [0.2, 0.25) is 10.0 Å². The number of aromatic nitrogens is 1. The van der Waals surface area contributed by atoms with E-state index in [4.69, 9.17) is 28.5 Å². The van der Waals surface area contributed by atoms with Crippen molar-refractivity contribution in [3.8, 4) is 6.07 Å². The molecule has 3 rings (SSSR count). The van der Waals surface area contributed by atoms with Crippen molar-refractivity contribution in [1.29, 1.82) is 5.26 Å². The van der Waals surface area contributed by atoms with Crippen LogP contribution < -0.4 is 0 Å². The molecule has 0 fully saturated rings. The lowest BCUT2D eigenvalue weighted by Crippen LogP contribution is -2.30. The van der Waals surface area contributed by atoms with Crippen molar-refractivity contribution in [1.82, 2.24) is 9.29 Å². The minimum atomic E-state index is -3.87. The normalized spacial score (nSPS) is 11.4. The summed E-state index contributed by atoms with van der Waals surface area (Å²) in [4.78, 5) is 4.28. The fraction of sp³-hybridized carbons (Fsp3) is 0.100. The molecule has 0 spiro atoms. The molecule has 3 aromatic rings. The van der Waals surface area contributed by atoms with Gasteiger partial charge in [-0.15, -0.1) is 0 Å². The highest BCUT2D eigenvalue weighted by atomic mass is 35.5. The highest BCUT2D eigenvalue weighted by Crippen LogP contribution is 2.28. The molecule has 0 aliphatic heterocycles. The monoisotopic (exact) mass is 431 g/mol. The van der Waals surface area contributed by atoms with Gasteiger partial charge in [-0.3, -0.25) is 4.98 Å². The number of halogens is 2. The van der Waals surface area contributed by atoms with Crippen LogP contribution in [0.15, 0.2) is 71.8 Å². The van der Waals surface area contributed by atoms with Gasteiger partial charge in [-0.25, -0.2) is 8.42 Å². The van der Waals surface area contributed by atoms with Gasteiger partial charge in [0.05, 0.1) is 38.8 Å². The first-order valence-corrected chi connectivity index (χ1v) is 10.4. The predicted octanol–water partition coefficient (Wildman–Crippen LogP) is 4.65. The van der Waals surface area contributed by atoms with Crippen molar-refractivity contribution in [3.05, 3.63) is 93.7 Å². The fourth-order valence-corrected chi connectivity index (χ4v) is 4.36. The molecule has 0 aliphatic rings. The number of hydrogen-bond acceptors (Lipinski definition) is 4. The van der Waals surface area contributed by atoms with E-state index in [1.54, 1.807) is 48.7 Å². The molecule has 0 unspecified atom stereocenters. The lowest BCUT2D eigenvalue weighted by Gasteiger charge is -2.22. The molecule has 0 amide bonds. The first kappa shape index (κ1) is 20.3. The summed E-state index contributed by atoms with van der Waals surface area (Å²) in [5, 5.41) is 9.39. The highest BCUT2D eigenvalue weighted by Gasteiger charge is 2.26. The van der Waals surface area contributed by atoms with Crippen molar-refractivity contribution in [2.75, 3.05) is 0 Å². The van der Waals surface area contributed by atoms with E-state index in [1.165, 1.54) is 22.5 Å². The maximum atomic E-state index is 13.3. The molecule has 0 atom stereocenters. The van der Waals surface area contributed by atoms with Crippen molar-refractivity contribution >= 4 is 33.2 Å². The van der Waals surface area contributed by atoms with E-state index >= 15 is 0 Å². The number of nitriles is 1. The number of hydrogen-bond donors (Lipinski definition) is 0. The van der Waals surface area contributed by atoms with Crippen molar-refractivity contribution in [2.45, 2.75) is 18.0 Å². The lowest BCUT2D eigenvalue weighted by molar-refractivity contribution is 0.397. The zero-order valence-electron chi connectivity index (χ0n) is 14.6. The summed E-state index contributed by atoms with van der Waals surface area (Å²) in [6, 6.07) is 18.4. The van der Waals surface area contributed by atoms with Gasteiger partial charge in [-0.2, -0.15) is 9.57 Å². The van der Waals surface area contributed by atoms with Gasteiger partial charge in [0.2, 0.25) is 10.0 Å². The molecule has 1 aromatic heterocycles. The molecule has 0 bridgehead atoms. The van der Waals surface area contributed by atoms with E-state index in [0.717, 1.165) is 5.56 Å². The Morgan fingerprint density at radius 3 is 2.32 bits per heavy atom. The van der Waals surface area contributed by atoms with Gasteiger partial charge in [-0.05, 0) is 48.0 Å². The molecular formula is C20H15Cl2N3O2S. The molecule has 142 valence electrons. The molecule has 8 heteroatoms. The van der Waals surface area contributed by atoms with Gasteiger partial charge in [-0.1, -0.05) is 41.4 Å². The Kier molecular flexibility index (Phi) is 6.32. The van der Waals surface area contributed by atoms with Crippen LogP contribution >= 0.6 is 23.2 Å². The third-order valence-electron chi connectivity index (χ3n) is 4.04. The Bertz CT molecular complexity index is 1110. The smallest absolute Gasteiger partial charge is 0.243 e. The molecule has 5 nitrogen and oxygen atoms in total. The second-order valence-electron chi connectivity index (χ2n) is 5.98. The average Bonchev–Trinajstić information content (AvgIpc) is 2.71. The van der Waals surface area contributed by atoms with Gasteiger partial charge >= 0.3 is 0 Å². The second kappa shape index (κ2) is 8.72. The quantitative estimate of drug-likeness (QED) is 0.568. The summed E-state index contributed by atoms with van der Waals surface area (Å²) in [6.45, 7) is 0.203. The zero-order chi connectivity index (χ0) is 20.1. The summed E-state index contributed by atoms with van der Waals surface area (Å²) in [5.41, 5.74) is 1.87. The predicted molar refractivity (Wildman–Crippen MR) is 108 cm³/mol. The van der Waals surface area contributed by atoms with E-state index in [9.17, 15) is 8.42 Å². The minimum absolute atomic E-state index is 0.0477. The Morgan fingerprint density at radius 1 is 0.964 bits per heavy atom. The topological polar surface area (TPSA) is 74.1 Å². The summed E-state index contributed by atoms with van der Waals surface area (Å²) >= 11 is 11.9.